The quantitative estimate of drug-likeness (QED) is 0.853. The zero-order chi connectivity index (χ0) is 11.5. The van der Waals surface area contributed by atoms with Gasteiger partial charge < -0.3 is 9.72 Å². The zero-order valence-corrected chi connectivity index (χ0v) is 9.50. The third-order valence-electron chi connectivity index (χ3n) is 2.87. The number of hydrogen-bond donors (Lipinski definition) is 1. The Kier molecular flexibility index (Phi) is 2.82. The van der Waals surface area contributed by atoms with E-state index in [1.807, 2.05) is 12.1 Å². The number of nitrogens with one attached hydrogen (secondary N) is 1. The van der Waals surface area contributed by atoms with Crippen LogP contribution < -0.4 is 4.74 Å². The molecule has 2 aromatic rings. The van der Waals surface area contributed by atoms with Crippen LogP contribution in [0.5, 0.6) is 5.75 Å². The molecule has 0 atom stereocenters. The SMILES string of the molecule is COc1cccc2c(C)c(CCC#N)[nH]c12. The van der Waals surface area contributed by atoms with E-state index in [9.17, 15) is 0 Å². The van der Waals surface area contributed by atoms with Gasteiger partial charge in [-0.15, -0.1) is 0 Å². The number of benzene rings is 1. The Hall–Kier alpha value is -1.95. The van der Waals surface area contributed by atoms with Gasteiger partial charge in [-0.2, -0.15) is 5.26 Å². The fourth-order valence-electron chi connectivity index (χ4n) is 1.98. The molecule has 0 aliphatic heterocycles. The summed E-state index contributed by atoms with van der Waals surface area (Å²) < 4.78 is 5.30. The molecule has 1 aromatic carbocycles. The van der Waals surface area contributed by atoms with Crippen molar-refractivity contribution in [3.63, 3.8) is 0 Å². The van der Waals surface area contributed by atoms with E-state index in [0.717, 1.165) is 23.4 Å². The molecule has 0 aliphatic rings. The van der Waals surface area contributed by atoms with E-state index >= 15 is 0 Å². The van der Waals surface area contributed by atoms with Crippen molar-refractivity contribution < 1.29 is 4.74 Å². The van der Waals surface area contributed by atoms with Gasteiger partial charge in [-0.25, -0.2) is 0 Å². The molecule has 3 heteroatoms. The summed E-state index contributed by atoms with van der Waals surface area (Å²) in [6, 6.07) is 8.15. The van der Waals surface area contributed by atoms with Gasteiger partial charge in [-0.05, 0) is 18.6 Å². The maximum absolute atomic E-state index is 8.61. The van der Waals surface area contributed by atoms with Gasteiger partial charge in [0.2, 0.25) is 0 Å². The fourth-order valence-corrected chi connectivity index (χ4v) is 1.98. The molecule has 0 spiro atoms. The number of aromatic amines is 1. The lowest BCUT2D eigenvalue weighted by atomic mass is 10.1. The second-order valence-corrected chi connectivity index (χ2v) is 3.77. The average Bonchev–Trinajstić information content (AvgIpc) is 2.64. The molecule has 1 N–H and O–H groups in total. The average molecular weight is 214 g/mol. The lowest BCUT2D eigenvalue weighted by molar-refractivity contribution is 0.419. The maximum atomic E-state index is 8.61. The summed E-state index contributed by atoms with van der Waals surface area (Å²) in [5.41, 5.74) is 3.36. The fraction of sp³-hybridized carbons (Fsp3) is 0.308. The molecule has 0 saturated carbocycles. The van der Waals surface area contributed by atoms with Crippen molar-refractivity contribution in [1.82, 2.24) is 4.98 Å². The summed E-state index contributed by atoms with van der Waals surface area (Å²) >= 11 is 0. The van der Waals surface area contributed by atoms with E-state index < -0.39 is 0 Å². The minimum absolute atomic E-state index is 0.538. The van der Waals surface area contributed by atoms with Crippen molar-refractivity contribution >= 4 is 10.9 Å². The molecule has 3 nitrogen and oxygen atoms in total. The predicted octanol–water partition coefficient (Wildman–Crippen LogP) is 2.94. The van der Waals surface area contributed by atoms with Crippen LogP contribution in [0.4, 0.5) is 0 Å². The molecule has 82 valence electrons. The summed E-state index contributed by atoms with van der Waals surface area (Å²) in [6.07, 6.45) is 1.30. The molecular weight excluding hydrogens is 200 g/mol. The first-order chi connectivity index (χ1) is 7.77. The first-order valence-corrected chi connectivity index (χ1v) is 5.29. The van der Waals surface area contributed by atoms with Crippen molar-refractivity contribution in [1.29, 1.82) is 5.26 Å². The standard InChI is InChI=1S/C13H14N2O/c1-9-10-5-3-7-12(16-2)13(10)15-11(9)6-4-8-14/h3,5,7,15H,4,6H2,1-2H3. The minimum atomic E-state index is 0.538. The Morgan fingerprint density at radius 3 is 2.94 bits per heavy atom. The molecule has 16 heavy (non-hydrogen) atoms. The summed E-state index contributed by atoms with van der Waals surface area (Å²) in [5, 5.41) is 9.78. The van der Waals surface area contributed by atoms with E-state index in [2.05, 4.69) is 24.0 Å². The Bertz CT molecular complexity index is 549. The van der Waals surface area contributed by atoms with Crippen LogP contribution in [0.15, 0.2) is 18.2 Å². The molecule has 0 unspecified atom stereocenters. The number of rotatable bonds is 3. The molecule has 0 bridgehead atoms. The van der Waals surface area contributed by atoms with Gasteiger partial charge in [0, 0.05) is 23.9 Å². The van der Waals surface area contributed by atoms with Crippen molar-refractivity contribution in [2.24, 2.45) is 0 Å². The second-order valence-electron chi connectivity index (χ2n) is 3.77. The number of nitriles is 1. The van der Waals surface area contributed by atoms with Gasteiger partial charge >= 0.3 is 0 Å². The largest absolute Gasteiger partial charge is 0.495 e. The number of aryl methyl sites for hydroxylation is 2. The number of hydrogen-bond acceptors (Lipinski definition) is 2. The maximum Gasteiger partial charge on any atom is 0.142 e. The topological polar surface area (TPSA) is 48.8 Å². The van der Waals surface area contributed by atoms with E-state index in [-0.39, 0.29) is 0 Å². The molecule has 0 amide bonds. The molecule has 0 radical (unpaired) electrons. The van der Waals surface area contributed by atoms with Crippen molar-refractivity contribution in [2.75, 3.05) is 7.11 Å². The monoisotopic (exact) mass is 214 g/mol. The summed E-state index contributed by atoms with van der Waals surface area (Å²) in [5.74, 6) is 0.851. The Morgan fingerprint density at radius 2 is 2.25 bits per heavy atom. The van der Waals surface area contributed by atoms with Gasteiger partial charge in [-0.1, -0.05) is 12.1 Å². The Morgan fingerprint density at radius 1 is 1.44 bits per heavy atom. The normalized spacial score (nSPS) is 10.3. The number of H-pyrrole nitrogens is 1. The van der Waals surface area contributed by atoms with E-state index in [0.29, 0.717) is 6.42 Å². The molecule has 2 rings (SSSR count). The van der Waals surface area contributed by atoms with Gasteiger partial charge in [0.25, 0.3) is 0 Å². The van der Waals surface area contributed by atoms with Crippen molar-refractivity contribution in [2.45, 2.75) is 19.8 Å². The molecule has 0 fully saturated rings. The molecule has 0 aliphatic carbocycles. The van der Waals surface area contributed by atoms with Gasteiger partial charge in [0.1, 0.15) is 5.75 Å². The Labute approximate surface area is 94.7 Å². The lowest BCUT2D eigenvalue weighted by Crippen LogP contribution is -1.86. The number of para-hydroxylation sites is 1. The first-order valence-electron chi connectivity index (χ1n) is 5.29. The number of aromatic nitrogens is 1. The molecular formula is C13H14N2O. The summed E-state index contributed by atoms with van der Waals surface area (Å²) in [7, 11) is 1.67. The van der Waals surface area contributed by atoms with Crippen LogP contribution in [-0.4, -0.2) is 12.1 Å². The summed E-state index contributed by atoms with van der Waals surface area (Å²) in [4.78, 5) is 3.34. The lowest BCUT2D eigenvalue weighted by Gasteiger charge is -2.00. The number of ether oxygens (including phenoxy) is 1. The van der Waals surface area contributed by atoms with Gasteiger partial charge in [-0.3, -0.25) is 0 Å². The third kappa shape index (κ3) is 1.63. The zero-order valence-electron chi connectivity index (χ0n) is 9.50. The van der Waals surface area contributed by atoms with Crippen LogP contribution in [0.3, 0.4) is 0 Å². The second kappa shape index (κ2) is 4.28. The highest BCUT2D eigenvalue weighted by Gasteiger charge is 2.10. The van der Waals surface area contributed by atoms with Crippen LogP contribution in [0, 0.1) is 18.3 Å². The minimum Gasteiger partial charge on any atom is -0.495 e. The van der Waals surface area contributed by atoms with Crippen molar-refractivity contribution in [3.8, 4) is 11.8 Å². The molecule has 1 aromatic heterocycles. The van der Waals surface area contributed by atoms with Crippen molar-refractivity contribution in [3.05, 3.63) is 29.5 Å². The third-order valence-corrected chi connectivity index (χ3v) is 2.87. The molecule has 0 saturated heterocycles. The first kappa shape index (κ1) is 10.6. The van der Waals surface area contributed by atoms with Gasteiger partial charge in [0.15, 0.2) is 0 Å². The van der Waals surface area contributed by atoms with Crippen LogP contribution in [0.2, 0.25) is 0 Å². The highest BCUT2D eigenvalue weighted by Crippen LogP contribution is 2.29. The smallest absolute Gasteiger partial charge is 0.142 e. The highest BCUT2D eigenvalue weighted by molar-refractivity contribution is 5.89. The summed E-state index contributed by atoms with van der Waals surface area (Å²) in [6.45, 7) is 2.07. The number of methoxy groups -OCH3 is 1. The van der Waals surface area contributed by atoms with Gasteiger partial charge in [0.05, 0.1) is 18.7 Å². The highest BCUT2D eigenvalue weighted by atomic mass is 16.5. The van der Waals surface area contributed by atoms with Crippen LogP contribution >= 0.6 is 0 Å². The number of fused-ring (bicyclic) bond motifs is 1. The number of nitrogens with zero attached hydrogens (tertiary/aromatic N) is 1. The van der Waals surface area contributed by atoms with E-state index in [1.54, 1.807) is 7.11 Å². The van der Waals surface area contributed by atoms with E-state index in [1.165, 1.54) is 10.9 Å². The van der Waals surface area contributed by atoms with Crippen LogP contribution in [-0.2, 0) is 6.42 Å². The van der Waals surface area contributed by atoms with Crippen LogP contribution in [0.25, 0.3) is 10.9 Å². The van der Waals surface area contributed by atoms with E-state index in [4.69, 9.17) is 10.00 Å². The molecule has 1 heterocycles. The Balaban J connectivity index is 2.54. The van der Waals surface area contributed by atoms with Crippen LogP contribution in [0.1, 0.15) is 17.7 Å². The predicted molar refractivity (Wildman–Crippen MR) is 63.5 cm³/mol.